The molecule has 0 saturated carbocycles. The van der Waals surface area contributed by atoms with Gasteiger partial charge >= 0.3 is 0 Å². The summed E-state index contributed by atoms with van der Waals surface area (Å²) in [5.41, 5.74) is 0.0609. The average molecular weight is 254 g/mol. The largest absolute Gasteiger partial charge is 0.354 e. The minimum atomic E-state index is -1.06. The van der Waals surface area contributed by atoms with E-state index in [2.05, 4.69) is 10.6 Å². The predicted octanol–water partition coefficient (Wildman–Crippen LogP) is 0.973. The van der Waals surface area contributed by atoms with Crippen molar-refractivity contribution in [2.24, 2.45) is 0 Å². The van der Waals surface area contributed by atoms with Crippen LogP contribution in [-0.4, -0.2) is 24.4 Å². The fourth-order valence-corrected chi connectivity index (χ4v) is 1.76. The molecular weight excluding hydrogens is 242 g/mol. The van der Waals surface area contributed by atoms with Gasteiger partial charge in [-0.1, -0.05) is 0 Å². The van der Waals surface area contributed by atoms with E-state index >= 15 is 0 Å². The predicted molar refractivity (Wildman–Crippen MR) is 59.9 cm³/mol. The molecule has 0 radical (unpaired) electrons. The molecular formula is C12H12F2N2O2. The topological polar surface area (TPSA) is 58.2 Å². The minimum absolute atomic E-state index is 0.0478. The van der Waals surface area contributed by atoms with Crippen LogP contribution in [0.4, 0.5) is 8.78 Å². The quantitative estimate of drug-likeness (QED) is 0.826. The second kappa shape index (κ2) is 5.12. The van der Waals surface area contributed by atoms with E-state index in [0.717, 1.165) is 12.1 Å². The average Bonchev–Trinajstić information content (AvgIpc) is 2.35. The van der Waals surface area contributed by atoms with Gasteiger partial charge in [0.05, 0.1) is 0 Å². The van der Waals surface area contributed by atoms with Gasteiger partial charge in [-0.15, -0.1) is 0 Å². The number of hydrogen-bond donors (Lipinski definition) is 2. The second-order valence-electron chi connectivity index (χ2n) is 4.14. The monoisotopic (exact) mass is 254 g/mol. The van der Waals surface area contributed by atoms with Crippen molar-refractivity contribution >= 4 is 11.8 Å². The van der Waals surface area contributed by atoms with Crippen LogP contribution in [0.3, 0.4) is 0 Å². The summed E-state index contributed by atoms with van der Waals surface area (Å²) >= 11 is 0. The van der Waals surface area contributed by atoms with Crippen molar-refractivity contribution in [3.05, 3.63) is 35.4 Å². The number of halogens is 2. The Bertz CT molecular complexity index is 481. The summed E-state index contributed by atoms with van der Waals surface area (Å²) in [5.74, 6) is -2.57. The van der Waals surface area contributed by atoms with E-state index in [-0.39, 0.29) is 17.5 Å². The molecule has 4 nitrogen and oxygen atoms in total. The third kappa shape index (κ3) is 2.82. The molecule has 18 heavy (non-hydrogen) atoms. The van der Waals surface area contributed by atoms with Crippen LogP contribution in [-0.2, 0) is 4.79 Å². The van der Waals surface area contributed by atoms with Gasteiger partial charge in [-0.05, 0) is 24.6 Å². The van der Waals surface area contributed by atoms with Gasteiger partial charge in [0, 0.05) is 24.6 Å². The Kier molecular flexibility index (Phi) is 3.55. The van der Waals surface area contributed by atoms with Crippen molar-refractivity contribution in [2.75, 3.05) is 6.54 Å². The highest BCUT2D eigenvalue weighted by Crippen LogP contribution is 2.10. The molecule has 1 aliphatic heterocycles. The molecule has 1 fully saturated rings. The summed E-state index contributed by atoms with van der Waals surface area (Å²) in [6, 6.07) is 2.80. The summed E-state index contributed by atoms with van der Waals surface area (Å²) in [5, 5.41) is 5.28. The van der Waals surface area contributed by atoms with Crippen LogP contribution in [0.5, 0.6) is 0 Å². The third-order valence-corrected chi connectivity index (χ3v) is 2.78. The third-order valence-electron chi connectivity index (χ3n) is 2.78. The minimum Gasteiger partial charge on any atom is -0.354 e. The summed E-state index contributed by atoms with van der Waals surface area (Å²) < 4.78 is 25.7. The van der Waals surface area contributed by atoms with Gasteiger partial charge in [-0.2, -0.15) is 0 Å². The highest BCUT2D eigenvalue weighted by atomic mass is 19.2. The standard InChI is InChI=1S/C12H12F2N2O2/c13-9-3-1-7(5-10(9)14)12(18)16-8-2-4-11(17)15-6-8/h1,3,5,8H,2,4,6H2,(H,15,17)(H,16,18). The molecule has 1 unspecified atom stereocenters. The number of piperidine rings is 1. The molecule has 0 aromatic heterocycles. The van der Waals surface area contributed by atoms with Gasteiger partial charge < -0.3 is 10.6 Å². The molecule has 96 valence electrons. The smallest absolute Gasteiger partial charge is 0.251 e. The van der Waals surface area contributed by atoms with Crippen molar-refractivity contribution < 1.29 is 18.4 Å². The molecule has 2 amide bonds. The lowest BCUT2D eigenvalue weighted by Crippen LogP contribution is -2.47. The molecule has 1 atom stereocenters. The Morgan fingerprint density at radius 2 is 2.11 bits per heavy atom. The van der Waals surface area contributed by atoms with Gasteiger partial charge in [0.25, 0.3) is 5.91 Å². The molecule has 2 N–H and O–H groups in total. The van der Waals surface area contributed by atoms with Crippen LogP contribution in [0, 0.1) is 11.6 Å². The Labute approximate surface area is 102 Å². The Balaban J connectivity index is 1.99. The maximum Gasteiger partial charge on any atom is 0.251 e. The first-order valence-corrected chi connectivity index (χ1v) is 5.59. The molecule has 1 heterocycles. The van der Waals surface area contributed by atoms with Gasteiger partial charge in [0.15, 0.2) is 11.6 Å². The van der Waals surface area contributed by atoms with Crippen molar-refractivity contribution in [1.29, 1.82) is 0 Å². The fraction of sp³-hybridized carbons (Fsp3) is 0.333. The summed E-state index contributed by atoms with van der Waals surface area (Å²) in [6.07, 6.45) is 0.893. The van der Waals surface area contributed by atoms with Crippen molar-refractivity contribution in [3.8, 4) is 0 Å². The lowest BCUT2D eigenvalue weighted by atomic mass is 10.1. The highest BCUT2D eigenvalue weighted by molar-refractivity contribution is 5.94. The Hall–Kier alpha value is -1.98. The Morgan fingerprint density at radius 3 is 2.72 bits per heavy atom. The van der Waals surface area contributed by atoms with Crippen LogP contribution < -0.4 is 10.6 Å². The second-order valence-corrected chi connectivity index (χ2v) is 4.14. The van der Waals surface area contributed by atoms with Crippen molar-refractivity contribution in [1.82, 2.24) is 10.6 Å². The number of benzene rings is 1. The number of rotatable bonds is 2. The van der Waals surface area contributed by atoms with E-state index in [9.17, 15) is 18.4 Å². The molecule has 1 aromatic carbocycles. The molecule has 0 bridgehead atoms. The molecule has 2 rings (SSSR count). The lowest BCUT2D eigenvalue weighted by Gasteiger charge is -2.23. The van der Waals surface area contributed by atoms with Gasteiger partial charge in [0.1, 0.15) is 0 Å². The number of carbonyl (C=O) groups is 2. The van der Waals surface area contributed by atoms with E-state index in [1.807, 2.05) is 0 Å². The lowest BCUT2D eigenvalue weighted by molar-refractivity contribution is -0.122. The van der Waals surface area contributed by atoms with E-state index in [1.165, 1.54) is 6.07 Å². The van der Waals surface area contributed by atoms with Crippen molar-refractivity contribution in [3.63, 3.8) is 0 Å². The Morgan fingerprint density at radius 1 is 1.33 bits per heavy atom. The highest BCUT2D eigenvalue weighted by Gasteiger charge is 2.20. The van der Waals surface area contributed by atoms with Gasteiger partial charge in [0.2, 0.25) is 5.91 Å². The molecule has 1 saturated heterocycles. The maximum absolute atomic E-state index is 13.0. The van der Waals surface area contributed by atoms with E-state index in [0.29, 0.717) is 19.4 Å². The molecule has 6 heteroatoms. The molecule has 1 aromatic rings. The van der Waals surface area contributed by atoms with Crippen LogP contribution in [0.1, 0.15) is 23.2 Å². The van der Waals surface area contributed by atoms with E-state index < -0.39 is 17.5 Å². The van der Waals surface area contributed by atoms with Crippen LogP contribution in [0.2, 0.25) is 0 Å². The SMILES string of the molecule is O=C1CCC(NC(=O)c2ccc(F)c(F)c2)CN1. The fourth-order valence-electron chi connectivity index (χ4n) is 1.76. The van der Waals surface area contributed by atoms with Gasteiger partial charge in [-0.25, -0.2) is 8.78 Å². The molecule has 0 spiro atoms. The first kappa shape index (κ1) is 12.5. The number of amides is 2. The zero-order chi connectivity index (χ0) is 13.1. The van der Waals surface area contributed by atoms with Gasteiger partial charge in [-0.3, -0.25) is 9.59 Å². The van der Waals surface area contributed by atoms with Crippen molar-refractivity contribution in [2.45, 2.75) is 18.9 Å². The van der Waals surface area contributed by atoms with E-state index in [1.54, 1.807) is 0 Å². The zero-order valence-electron chi connectivity index (χ0n) is 9.50. The van der Waals surface area contributed by atoms with E-state index in [4.69, 9.17) is 0 Å². The first-order valence-electron chi connectivity index (χ1n) is 5.59. The molecule has 0 aliphatic carbocycles. The molecule has 1 aliphatic rings. The first-order chi connectivity index (χ1) is 8.56. The summed E-state index contributed by atoms with van der Waals surface area (Å²) in [4.78, 5) is 22.7. The number of hydrogen-bond acceptors (Lipinski definition) is 2. The maximum atomic E-state index is 13.0. The zero-order valence-corrected chi connectivity index (χ0v) is 9.50. The van der Waals surface area contributed by atoms with Crippen LogP contribution >= 0.6 is 0 Å². The number of nitrogens with one attached hydrogen (secondary N) is 2. The van der Waals surface area contributed by atoms with Crippen LogP contribution in [0.15, 0.2) is 18.2 Å². The summed E-state index contributed by atoms with van der Waals surface area (Å²) in [7, 11) is 0. The van der Waals surface area contributed by atoms with Crippen LogP contribution in [0.25, 0.3) is 0 Å². The normalized spacial score (nSPS) is 19.2. The summed E-state index contributed by atoms with van der Waals surface area (Å²) in [6.45, 7) is 0.355. The number of carbonyl (C=O) groups excluding carboxylic acids is 2.